The molecule has 7 heteroatoms. The minimum Gasteiger partial charge on any atom is -0.309 e. The number of nitrogens with one attached hydrogen (secondary N) is 1. The van der Waals surface area contributed by atoms with Crippen molar-refractivity contribution < 1.29 is 13.2 Å². The van der Waals surface area contributed by atoms with Gasteiger partial charge in [-0.2, -0.15) is 13.2 Å². The number of halogens is 4. The zero-order chi connectivity index (χ0) is 15.5. The molecule has 0 bridgehead atoms. The molecule has 21 heavy (non-hydrogen) atoms. The molecule has 2 aromatic rings. The topological polar surface area (TPSA) is 24.9 Å². The van der Waals surface area contributed by atoms with Gasteiger partial charge in [0.2, 0.25) is 0 Å². The molecule has 1 heterocycles. The van der Waals surface area contributed by atoms with Crippen LogP contribution in [0.15, 0.2) is 30.5 Å². The average molecular weight is 335 g/mol. The van der Waals surface area contributed by atoms with E-state index >= 15 is 0 Å². The smallest absolute Gasteiger partial charge is 0.309 e. The molecule has 114 valence electrons. The highest BCUT2D eigenvalue weighted by Crippen LogP contribution is 2.35. The highest BCUT2D eigenvalue weighted by atomic mass is 35.5. The van der Waals surface area contributed by atoms with E-state index < -0.39 is 11.2 Å². The number of nitrogens with zero attached hydrogens (tertiary/aromatic N) is 1. The summed E-state index contributed by atoms with van der Waals surface area (Å²) in [5.41, 5.74) is 0.895. The third-order valence-corrected chi connectivity index (χ3v) is 4.47. The van der Waals surface area contributed by atoms with Gasteiger partial charge in [0.15, 0.2) is 5.01 Å². The number of hydrogen-bond donors (Lipinski definition) is 1. The van der Waals surface area contributed by atoms with Gasteiger partial charge in [-0.05, 0) is 24.6 Å². The molecule has 1 unspecified atom stereocenters. The van der Waals surface area contributed by atoms with E-state index in [4.69, 9.17) is 11.6 Å². The summed E-state index contributed by atoms with van der Waals surface area (Å²) in [5.74, 6) is 0. The number of likely N-dealkylation sites (N-methyl/N-ethyl adjacent to an activating group) is 1. The second kappa shape index (κ2) is 6.77. The van der Waals surface area contributed by atoms with Crippen molar-refractivity contribution in [2.24, 2.45) is 0 Å². The second-order valence-electron chi connectivity index (χ2n) is 4.47. The Kier molecular flexibility index (Phi) is 5.24. The lowest BCUT2D eigenvalue weighted by Gasteiger charge is -2.16. The maximum Gasteiger partial charge on any atom is 0.443 e. The first-order valence-electron chi connectivity index (χ1n) is 6.41. The first kappa shape index (κ1) is 16.3. The summed E-state index contributed by atoms with van der Waals surface area (Å²) in [5, 5.41) is 2.98. The van der Waals surface area contributed by atoms with Crippen LogP contribution in [-0.2, 0) is 12.6 Å². The summed E-state index contributed by atoms with van der Waals surface area (Å²) < 4.78 is 37.9. The molecular formula is C14H14ClF3N2S. The standard InChI is InChI=1S/C14H14ClF3N2S/c1-2-19-11(7-9-5-3-4-6-10(9)15)12-8-20-13(21-12)14(16,17)18/h3-6,8,11,19H,2,7H2,1H3. The lowest BCUT2D eigenvalue weighted by molar-refractivity contribution is -0.137. The normalized spacial score (nSPS) is 13.4. The molecular weight excluding hydrogens is 321 g/mol. The van der Waals surface area contributed by atoms with Crippen LogP contribution in [0.25, 0.3) is 0 Å². The Labute approximate surface area is 130 Å². The van der Waals surface area contributed by atoms with Crippen molar-refractivity contribution in [3.8, 4) is 0 Å². The summed E-state index contributed by atoms with van der Waals surface area (Å²) in [6.07, 6.45) is -2.59. The maximum atomic E-state index is 12.6. The first-order valence-corrected chi connectivity index (χ1v) is 7.61. The fourth-order valence-corrected chi connectivity index (χ4v) is 3.05. The molecule has 0 spiro atoms. The van der Waals surface area contributed by atoms with Crippen LogP contribution < -0.4 is 5.32 Å². The van der Waals surface area contributed by atoms with Gasteiger partial charge in [0, 0.05) is 22.1 Å². The molecule has 0 saturated heterocycles. The highest BCUT2D eigenvalue weighted by Gasteiger charge is 2.35. The van der Waals surface area contributed by atoms with E-state index in [2.05, 4.69) is 10.3 Å². The van der Waals surface area contributed by atoms with Crippen molar-refractivity contribution in [3.63, 3.8) is 0 Å². The fraction of sp³-hybridized carbons (Fsp3) is 0.357. The van der Waals surface area contributed by atoms with E-state index in [0.29, 0.717) is 34.2 Å². The summed E-state index contributed by atoms with van der Waals surface area (Å²) >= 11 is 6.79. The van der Waals surface area contributed by atoms with Crippen LogP contribution in [0.1, 0.15) is 28.4 Å². The van der Waals surface area contributed by atoms with Gasteiger partial charge in [0.25, 0.3) is 0 Å². The van der Waals surface area contributed by atoms with Crippen LogP contribution in [0.4, 0.5) is 13.2 Å². The zero-order valence-electron chi connectivity index (χ0n) is 11.2. The summed E-state index contributed by atoms with van der Waals surface area (Å²) in [6.45, 7) is 2.56. The van der Waals surface area contributed by atoms with Crippen molar-refractivity contribution in [2.75, 3.05) is 6.54 Å². The maximum absolute atomic E-state index is 12.6. The number of alkyl halides is 3. The highest BCUT2D eigenvalue weighted by molar-refractivity contribution is 7.11. The van der Waals surface area contributed by atoms with Crippen LogP contribution in [0.3, 0.4) is 0 Å². The van der Waals surface area contributed by atoms with E-state index in [1.165, 1.54) is 6.20 Å². The predicted molar refractivity (Wildman–Crippen MR) is 78.7 cm³/mol. The van der Waals surface area contributed by atoms with Crippen LogP contribution in [0.2, 0.25) is 5.02 Å². The van der Waals surface area contributed by atoms with E-state index in [1.807, 2.05) is 25.1 Å². The van der Waals surface area contributed by atoms with Gasteiger partial charge in [-0.25, -0.2) is 4.98 Å². The zero-order valence-corrected chi connectivity index (χ0v) is 12.8. The van der Waals surface area contributed by atoms with Crippen molar-refractivity contribution in [1.82, 2.24) is 10.3 Å². The molecule has 0 aliphatic rings. The van der Waals surface area contributed by atoms with Gasteiger partial charge in [0.05, 0.1) is 0 Å². The number of rotatable bonds is 5. The van der Waals surface area contributed by atoms with Gasteiger partial charge in [-0.3, -0.25) is 0 Å². The molecule has 2 nitrogen and oxygen atoms in total. The van der Waals surface area contributed by atoms with Crippen LogP contribution in [-0.4, -0.2) is 11.5 Å². The number of benzene rings is 1. The van der Waals surface area contributed by atoms with Crippen LogP contribution in [0.5, 0.6) is 0 Å². The summed E-state index contributed by atoms with van der Waals surface area (Å²) in [6, 6.07) is 7.09. The average Bonchev–Trinajstić information content (AvgIpc) is 2.90. The molecule has 0 aliphatic carbocycles. The SMILES string of the molecule is CCNC(Cc1ccccc1Cl)c1cnc(C(F)(F)F)s1. The Balaban J connectivity index is 2.23. The summed E-state index contributed by atoms with van der Waals surface area (Å²) in [7, 11) is 0. The Bertz CT molecular complexity index is 598. The third kappa shape index (κ3) is 4.18. The van der Waals surface area contributed by atoms with E-state index in [-0.39, 0.29) is 6.04 Å². The van der Waals surface area contributed by atoms with Gasteiger partial charge < -0.3 is 5.32 Å². The Morgan fingerprint density at radius 1 is 1.33 bits per heavy atom. The Morgan fingerprint density at radius 3 is 2.62 bits per heavy atom. The van der Waals surface area contributed by atoms with Gasteiger partial charge in [0.1, 0.15) is 0 Å². The van der Waals surface area contributed by atoms with E-state index in [0.717, 1.165) is 5.56 Å². The van der Waals surface area contributed by atoms with Crippen molar-refractivity contribution in [3.05, 3.63) is 50.9 Å². The van der Waals surface area contributed by atoms with Gasteiger partial charge >= 0.3 is 6.18 Å². The minimum atomic E-state index is -4.40. The number of aromatic nitrogens is 1. The molecule has 0 fully saturated rings. The van der Waals surface area contributed by atoms with Crippen molar-refractivity contribution in [1.29, 1.82) is 0 Å². The molecule has 1 aromatic carbocycles. The molecule has 2 rings (SSSR count). The molecule has 1 aromatic heterocycles. The number of hydrogen-bond acceptors (Lipinski definition) is 3. The molecule has 0 radical (unpaired) electrons. The fourth-order valence-electron chi connectivity index (χ4n) is 1.98. The first-order chi connectivity index (χ1) is 9.91. The van der Waals surface area contributed by atoms with Gasteiger partial charge in [-0.15, -0.1) is 11.3 Å². The van der Waals surface area contributed by atoms with Crippen molar-refractivity contribution in [2.45, 2.75) is 25.6 Å². The van der Waals surface area contributed by atoms with E-state index in [9.17, 15) is 13.2 Å². The molecule has 0 amide bonds. The van der Waals surface area contributed by atoms with Crippen LogP contribution in [0, 0.1) is 0 Å². The Morgan fingerprint density at radius 2 is 2.05 bits per heavy atom. The summed E-state index contributed by atoms with van der Waals surface area (Å²) in [4.78, 5) is 4.03. The molecule has 1 atom stereocenters. The van der Waals surface area contributed by atoms with Crippen LogP contribution >= 0.6 is 22.9 Å². The number of thiazole rings is 1. The molecule has 1 N–H and O–H groups in total. The largest absolute Gasteiger partial charge is 0.443 e. The van der Waals surface area contributed by atoms with E-state index in [1.54, 1.807) is 6.07 Å². The lowest BCUT2D eigenvalue weighted by Crippen LogP contribution is -2.22. The quantitative estimate of drug-likeness (QED) is 0.856. The third-order valence-electron chi connectivity index (χ3n) is 2.94. The van der Waals surface area contributed by atoms with Gasteiger partial charge in [-0.1, -0.05) is 36.7 Å². The Hall–Kier alpha value is -1.11. The molecule has 0 saturated carbocycles. The minimum absolute atomic E-state index is 0.233. The van der Waals surface area contributed by atoms with Crippen molar-refractivity contribution >= 4 is 22.9 Å². The lowest BCUT2D eigenvalue weighted by atomic mass is 10.1. The monoisotopic (exact) mass is 334 g/mol. The second-order valence-corrected chi connectivity index (χ2v) is 5.94. The predicted octanol–water partition coefficient (Wildman–Crippen LogP) is 4.71. The molecule has 0 aliphatic heterocycles.